The number of benzene rings is 1. The summed E-state index contributed by atoms with van der Waals surface area (Å²) in [5.74, 6) is -0.321. The van der Waals surface area contributed by atoms with E-state index in [-0.39, 0.29) is 0 Å². The molecule has 144 valence electrons. The third-order valence-corrected chi connectivity index (χ3v) is 4.64. The van der Waals surface area contributed by atoms with E-state index in [0.29, 0.717) is 27.8 Å². The Morgan fingerprint density at radius 2 is 1.86 bits per heavy atom. The van der Waals surface area contributed by atoms with Crippen molar-refractivity contribution in [2.24, 2.45) is 0 Å². The van der Waals surface area contributed by atoms with E-state index in [9.17, 15) is 9.59 Å². The Labute approximate surface area is 168 Å². The molecule has 1 amide bonds. The van der Waals surface area contributed by atoms with Crippen molar-refractivity contribution in [2.75, 3.05) is 5.32 Å². The molecule has 1 N–H and O–H groups in total. The lowest BCUT2D eigenvalue weighted by atomic mass is 10.2. The average Bonchev–Trinajstić information content (AvgIpc) is 2.98. The van der Waals surface area contributed by atoms with Crippen molar-refractivity contribution in [2.45, 2.75) is 26.9 Å². The molecule has 2 heterocycles. The van der Waals surface area contributed by atoms with Crippen LogP contribution in [-0.4, -0.2) is 27.5 Å². The Balaban J connectivity index is 1.74. The van der Waals surface area contributed by atoms with E-state index < -0.39 is 18.0 Å². The first-order chi connectivity index (χ1) is 13.4. The van der Waals surface area contributed by atoms with Crippen molar-refractivity contribution in [3.05, 3.63) is 76.7 Å². The highest BCUT2D eigenvalue weighted by molar-refractivity contribution is 6.33. The molecule has 0 aliphatic carbocycles. The van der Waals surface area contributed by atoms with Gasteiger partial charge in [0.2, 0.25) is 0 Å². The highest BCUT2D eigenvalue weighted by atomic mass is 35.5. The maximum Gasteiger partial charge on any atom is 0.340 e. The Morgan fingerprint density at radius 1 is 1.14 bits per heavy atom. The molecule has 7 heteroatoms. The third-order valence-electron chi connectivity index (χ3n) is 4.31. The summed E-state index contributed by atoms with van der Waals surface area (Å²) in [7, 11) is 0. The van der Waals surface area contributed by atoms with Crippen LogP contribution in [0.25, 0.3) is 5.82 Å². The largest absolute Gasteiger partial charge is 0.449 e. The van der Waals surface area contributed by atoms with Gasteiger partial charge in [-0.05, 0) is 51.1 Å². The molecule has 0 bridgehead atoms. The molecule has 1 atom stereocenters. The molecular weight excluding hydrogens is 378 g/mol. The number of para-hydroxylation sites is 1. The molecule has 0 saturated heterocycles. The zero-order chi connectivity index (χ0) is 20.3. The van der Waals surface area contributed by atoms with Crippen molar-refractivity contribution < 1.29 is 14.3 Å². The SMILES string of the molecule is Cc1cc(C(=O)O[C@H](C)C(=O)Nc2ccccc2Cl)c(C)n1-c1ccccn1. The van der Waals surface area contributed by atoms with Crippen LogP contribution in [0.5, 0.6) is 0 Å². The average molecular weight is 398 g/mol. The molecule has 3 rings (SSSR count). The van der Waals surface area contributed by atoms with Crippen molar-refractivity contribution in [1.29, 1.82) is 0 Å². The summed E-state index contributed by atoms with van der Waals surface area (Å²) in [4.78, 5) is 29.3. The molecule has 28 heavy (non-hydrogen) atoms. The first-order valence-corrected chi connectivity index (χ1v) is 9.13. The quantitative estimate of drug-likeness (QED) is 0.650. The van der Waals surface area contributed by atoms with Gasteiger partial charge in [-0.15, -0.1) is 0 Å². The second-order valence-corrected chi connectivity index (χ2v) is 6.73. The zero-order valence-corrected chi connectivity index (χ0v) is 16.5. The number of hydrogen-bond donors (Lipinski definition) is 1. The lowest BCUT2D eigenvalue weighted by molar-refractivity contribution is -0.123. The van der Waals surface area contributed by atoms with Gasteiger partial charge in [-0.25, -0.2) is 9.78 Å². The Kier molecular flexibility index (Phi) is 5.80. The van der Waals surface area contributed by atoms with Crippen LogP contribution in [0, 0.1) is 13.8 Å². The summed E-state index contributed by atoms with van der Waals surface area (Å²) in [6.45, 7) is 5.21. The fraction of sp³-hybridized carbons (Fsp3) is 0.190. The number of aromatic nitrogens is 2. The van der Waals surface area contributed by atoms with Crippen molar-refractivity contribution in [3.8, 4) is 5.82 Å². The van der Waals surface area contributed by atoms with Crippen LogP contribution in [0.15, 0.2) is 54.7 Å². The molecule has 0 saturated carbocycles. The minimum Gasteiger partial charge on any atom is -0.449 e. The number of nitrogens with one attached hydrogen (secondary N) is 1. The van der Waals surface area contributed by atoms with Crippen LogP contribution in [0.1, 0.15) is 28.7 Å². The molecule has 0 fully saturated rings. The van der Waals surface area contributed by atoms with Crippen LogP contribution in [-0.2, 0) is 9.53 Å². The van der Waals surface area contributed by atoms with Gasteiger partial charge in [-0.3, -0.25) is 4.79 Å². The molecule has 2 aromatic heterocycles. The number of aryl methyl sites for hydroxylation is 1. The second-order valence-electron chi connectivity index (χ2n) is 6.32. The van der Waals surface area contributed by atoms with Crippen LogP contribution < -0.4 is 5.32 Å². The van der Waals surface area contributed by atoms with Crippen molar-refractivity contribution >= 4 is 29.2 Å². The maximum atomic E-state index is 12.6. The number of carbonyl (C=O) groups excluding carboxylic acids is 2. The number of hydrogen-bond acceptors (Lipinski definition) is 4. The van der Waals surface area contributed by atoms with E-state index in [4.69, 9.17) is 16.3 Å². The summed E-state index contributed by atoms with van der Waals surface area (Å²) >= 11 is 6.04. The fourth-order valence-electron chi connectivity index (χ4n) is 2.88. The summed E-state index contributed by atoms with van der Waals surface area (Å²) in [5, 5.41) is 3.07. The van der Waals surface area contributed by atoms with Gasteiger partial charge < -0.3 is 14.6 Å². The fourth-order valence-corrected chi connectivity index (χ4v) is 3.07. The molecule has 0 aliphatic rings. The highest BCUT2D eigenvalue weighted by Gasteiger charge is 2.23. The number of pyridine rings is 1. The van der Waals surface area contributed by atoms with Gasteiger partial charge in [-0.2, -0.15) is 0 Å². The highest BCUT2D eigenvalue weighted by Crippen LogP contribution is 2.22. The standard InChI is InChI=1S/C21H20ClN3O3/c1-13-12-16(14(2)25(13)19-10-6-7-11-23-19)21(27)28-15(3)20(26)24-18-9-5-4-8-17(18)22/h4-12,15H,1-3H3,(H,24,26)/t15-/m1/s1. The van der Waals surface area contributed by atoms with E-state index in [1.807, 2.05) is 36.6 Å². The molecule has 0 aliphatic heterocycles. The smallest absolute Gasteiger partial charge is 0.340 e. The van der Waals surface area contributed by atoms with Crippen LogP contribution in [0.2, 0.25) is 5.02 Å². The number of rotatable bonds is 5. The van der Waals surface area contributed by atoms with E-state index in [1.165, 1.54) is 6.92 Å². The summed E-state index contributed by atoms with van der Waals surface area (Å²) in [6.07, 6.45) is 0.703. The van der Waals surface area contributed by atoms with Crippen LogP contribution >= 0.6 is 11.6 Å². The lowest BCUT2D eigenvalue weighted by Crippen LogP contribution is -2.30. The van der Waals surface area contributed by atoms with Crippen LogP contribution in [0.4, 0.5) is 5.69 Å². The van der Waals surface area contributed by atoms with Gasteiger partial charge in [0.25, 0.3) is 5.91 Å². The molecular formula is C21H20ClN3O3. The van der Waals surface area contributed by atoms with E-state index >= 15 is 0 Å². The zero-order valence-electron chi connectivity index (χ0n) is 15.8. The number of ether oxygens (including phenoxy) is 1. The predicted octanol–water partition coefficient (Wildman–Crippen LogP) is 4.33. The first kappa shape index (κ1) is 19.6. The molecule has 1 aromatic carbocycles. The molecule has 0 radical (unpaired) electrons. The normalized spacial score (nSPS) is 11.7. The minimum atomic E-state index is -0.985. The summed E-state index contributed by atoms with van der Waals surface area (Å²) < 4.78 is 7.23. The third kappa shape index (κ3) is 4.07. The number of anilines is 1. The summed E-state index contributed by atoms with van der Waals surface area (Å²) in [6, 6.07) is 14.1. The maximum absolute atomic E-state index is 12.6. The number of esters is 1. The number of carbonyl (C=O) groups is 2. The number of halogens is 1. The van der Waals surface area contributed by atoms with Gasteiger partial charge in [0, 0.05) is 17.6 Å². The van der Waals surface area contributed by atoms with Crippen molar-refractivity contribution in [3.63, 3.8) is 0 Å². The lowest BCUT2D eigenvalue weighted by Gasteiger charge is -2.14. The Bertz CT molecular complexity index is 1010. The second kappa shape index (κ2) is 8.27. The van der Waals surface area contributed by atoms with Gasteiger partial charge >= 0.3 is 5.97 Å². The molecule has 0 spiro atoms. The minimum absolute atomic E-state index is 0.389. The van der Waals surface area contributed by atoms with Crippen molar-refractivity contribution in [1.82, 2.24) is 9.55 Å². The predicted molar refractivity (Wildman–Crippen MR) is 108 cm³/mol. The van der Waals surface area contributed by atoms with E-state index in [2.05, 4.69) is 10.3 Å². The monoisotopic (exact) mass is 397 g/mol. The van der Waals surface area contributed by atoms with Gasteiger partial charge in [0.1, 0.15) is 5.82 Å². The van der Waals surface area contributed by atoms with Gasteiger partial charge in [-0.1, -0.05) is 29.8 Å². The number of nitrogens with zero attached hydrogens (tertiary/aromatic N) is 2. The Morgan fingerprint density at radius 3 is 2.54 bits per heavy atom. The van der Waals surface area contributed by atoms with E-state index in [0.717, 1.165) is 5.69 Å². The summed E-state index contributed by atoms with van der Waals surface area (Å²) in [5.41, 5.74) is 2.39. The first-order valence-electron chi connectivity index (χ1n) is 8.75. The molecule has 3 aromatic rings. The molecule has 6 nitrogen and oxygen atoms in total. The van der Waals surface area contributed by atoms with Gasteiger partial charge in [0.05, 0.1) is 16.3 Å². The van der Waals surface area contributed by atoms with Gasteiger partial charge in [0.15, 0.2) is 6.10 Å². The van der Waals surface area contributed by atoms with E-state index in [1.54, 1.807) is 36.5 Å². The number of amides is 1. The molecule has 0 unspecified atom stereocenters. The topological polar surface area (TPSA) is 73.2 Å². The van der Waals surface area contributed by atoms with Crippen LogP contribution in [0.3, 0.4) is 0 Å². The Hall–Kier alpha value is -3.12.